The second kappa shape index (κ2) is 11.8. The Balaban J connectivity index is 1.65. The van der Waals surface area contributed by atoms with Gasteiger partial charge in [-0.15, -0.1) is 0 Å². The fraction of sp³-hybridized carbons (Fsp3) is 0.654. The second-order valence-corrected chi connectivity index (χ2v) is 9.12. The number of hydrogen-bond acceptors (Lipinski definition) is 3. The molecular weight excluding hydrogens is 395 g/mol. The van der Waals surface area contributed by atoms with Gasteiger partial charge in [0.1, 0.15) is 5.82 Å². The van der Waals surface area contributed by atoms with E-state index in [-0.39, 0.29) is 23.8 Å². The van der Waals surface area contributed by atoms with E-state index in [0.717, 1.165) is 37.9 Å². The van der Waals surface area contributed by atoms with Crippen molar-refractivity contribution in [3.05, 3.63) is 47.8 Å². The van der Waals surface area contributed by atoms with E-state index >= 15 is 0 Å². The second-order valence-electron chi connectivity index (χ2n) is 9.12. The fourth-order valence-corrected chi connectivity index (χ4v) is 5.34. The van der Waals surface area contributed by atoms with E-state index in [1.165, 1.54) is 19.3 Å². The van der Waals surface area contributed by atoms with E-state index in [4.69, 9.17) is 14.6 Å². The van der Waals surface area contributed by atoms with E-state index in [1.807, 2.05) is 12.1 Å². The first-order valence-corrected chi connectivity index (χ1v) is 11.9. The summed E-state index contributed by atoms with van der Waals surface area (Å²) in [5.41, 5.74) is 1.06. The van der Waals surface area contributed by atoms with Crippen molar-refractivity contribution in [3.8, 4) is 0 Å². The summed E-state index contributed by atoms with van der Waals surface area (Å²) in [7, 11) is 0. The van der Waals surface area contributed by atoms with E-state index < -0.39 is 5.97 Å². The third-order valence-electron chi connectivity index (χ3n) is 7.01. The van der Waals surface area contributed by atoms with Crippen molar-refractivity contribution in [1.29, 1.82) is 0 Å². The standard InChI is InChI=1S/C26H37FO4/c1-2-3-4-9-16-30-18-22-23(10-7-5-6-8-11-25(28)29)26(17-24(22)31-19-26)20-12-14-21(27)15-13-20/h5,7,12-15,22-24H,2-4,6,8-11,16-19H2,1H3,(H,28,29)/b7-5-/t22-,23-,24-,26-/m0/s1. The summed E-state index contributed by atoms with van der Waals surface area (Å²) in [4.78, 5) is 10.7. The van der Waals surface area contributed by atoms with Crippen LogP contribution in [-0.2, 0) is 19.7 Å². The van der Waals surface area contributed by atoms with Gasteiger partial charge < -0.3 is 14.6 Å². The average molecular weight is 433 g/mol. The molecule has 1 aliphatic heterocycles. The van der Waals surface area contributed by atoms with Gasteiger partial charge in [-0.25, -0.2) is 4.39 Å². The molecule has 5 heteroatoms. The van der Waals surface area contributed by atoms with Gasteiger partial charge in [-0.3, -0.25) is 4.79 Å². The van der Waals surface area contributed by atoms with Crippen LogP contribution >= 0.6 is 0 Å². The predicted molar refractivity (Wildman–Crippen MR) is 120 cm³/mol. The Kier molecular flexibility index (Phi) is 9.09. The van der Waals surface area contributed by atoms with Crippen LogP contribution in [0.15, 0.2) is 36.4 Å². The Hall–Kier alpha value is -1.72. The summed E-state index contributed by atoms with van der Waals surface area (Å²) in [5.74, 6) is -0.253. The number of carboxylic acid groups (broad SMARTS) is 1. The number of halogens is 1. The van der Waals surface area contributed by atoms with E-state index in [1.54, 1.807) is 12.1 Å². The van der Waals surface area contributed by atoms with Crippen molar-refractivity contribution in [2.24, 2.45) is 11.8 Å². The van der Waals surface area contributed by atoms with Crippen molar-refractivity contribution in [2.75, 3.05) is 19.8 Å². The Labute approximate surface area is 185 Å². The zero-order chi connectivity index (χ0) is 22.1. The van der Waals surface area contributed by atoms with Crippen molar-refractivity contribution >= 4 is 5.97 Å². The van der Waals surface area contributed by atoms with Crippen molar-refractivity contribution in [1.82, 2.24) is 0 Å². The maximum absolute atomic E-state index is 13.6. The number of benzene rings is 1. The third-order valence-corrected chi connectivity index (χ3v) is 7.01. The van der Waals surface area contributed by atoms with Gasteiger partial charge in [0.25, 0.3) is 0 Å². The molecule has 4 nitrogen and oxygen atoms in total. The minimum Gasteiger partial charge on any atom is -0.481 e. The van der Waals surface area contributed by atoms with Crippen LogP contribution in [0.25, 0.3) is 0 Å². The van der Waals surface area contributed by atoms with Crippen molar-refractivity contribution in [3.63, 3.8) is 0 Å². The van der Waals surface area contributed by atoms with E-state index in [9.17, 15) is 9.18 Å². The summed E-state index contributed by atoms with van der Waals surface area (Å²) in [6.45, 7) is 4.39. The molecule has 172 valence electrons. The van der Waals surface area contributed by atoms with Gasteiger partial charge in [-0.05, 0) is 55.7 Å². The maximum Gasteiger partial charge on any atom is 0.303 e. The number of hydrogen-bond donors (Lipinski definition) is 1. The highest BCUT2D eigenvalue weighted by atomic mass is 19.1. The first-order valence-electron chi connectivity index (χ1n) is 11.9. The van der Waals surface area contributed by atoms with Crippen LogP contribution in [0, 0.1) is 17.7 Å². The summed E-state index contributed by atoms with van der Waals surface area (Å²) < 4.78 is 25.8. The molecule has 2 fully saturated rings. The molecular formula is C26H37FO4. The minimum absolute atomic E-state index is 0.0972. The lowest BCUT2D eigenvalue weighted by atomic mass is 9.69. The Morgan fingerprint density at radius 3 is 2.77 bits per heavy atom. The first-order chi connectivity index (χ1) is 15.1. The minimum atomic E-state index is -0.745. The van der Waals surface area contributed by atoms with Crippen LogP contribution < -0.4 is 0 Å². The lowest BCUT2D eigenvalue weighted by Gasteiger charge is -2.39. The van der Waals surface area contributed by atoms with E-state index in [2.05, 4.69) is 19.1 Å². The van der Waals surface area contributed by atoms with Gasteiger partial charge >= 0.3 is 5.97 Å². The number of aliphatic carboxylic acids is 1. The molecule has 0 radical (unpaired) electrons. The quantitative estimate of drug-likeness (QED) is 0.294. The number of fused-ring (bicyclic) bond motifs is 2. The van der Waals surface area contributed by atoms with E-state index in [0.29, 0.717) is 31.5 Å². The molecule has 1 aromatic carbocycles. The van der Waals surface area contributed by atoms with Gasteiger partial charge in [-0.2, -0.15) is 0 Å². The molecule has 4 atom stereocenters. The Morgan fingerprint density at radius 2 is 2.03 bits per heavy atom. The van der Waals surface area contributed by atoms with Crippen LogP contribution in [0.2, 0.25) is 0 Å². The average Bonchev–Trinajstić information content (AvgIpc) is 3.31. The van der Waals surface area contributed by atoms with Gasteiger partial charge in [0.05, 0.1) is 19.3 Å². The summed E-state index contributed by atoms with van der Waals surface area (Å²) in [6.07, 6.45) is 12.8. The summed E-state index contributed by atoms with van der Waals surface area (Å²) in [5, 5.41) is 8.80. The lowest BCUT2D eigenvalue weighted by Crippen LogP contribution is -2.41. The third kappa shape index (κ3) is 6.17. The highest BCUT2D eigenvalue weighted by Crippen LogP contribution is 2.56. The van der Waals surface area contributed by atoms with Crippen LogP contribution in [0.1, 0.15) is 70.3 Å². The van der Waals surface area contributed by atoms with Crippen LogP contribution in [0.4, 0.5) is 4.39 Å². The molecule has 1 saturated heterocycles. The molecule has 1 heterocycles. The molecule has 0 amide bonds. The Morgan fingerprint density at radius 1 is 1.23 bits per heavy atom. The molecule has 31 heavy (non-hydrogen) atoms. The molecule has 0 unspecified atom stereocenters. The molecule has 2 aliphatic rings. The lowest BCUT2D eigenvalue weighted by molar-refractivity contribution is -0.137. The SMILES string of the molecule is CCCCCCOC[C@@H]1[C@@H]2C[C@@](c3ccc(F)cc3)(CO2)[C@H]1C/C=C\CCCC(=O)O. The Bertz CT molecular complexity index is 717. The highest BCUT2D eigenvalue weighted by Gasteiger charge is 2.59. The monoisotopic (exact) mass is 432 g/mol. The topological polar surface area (TPSA) is 55.8 Å². The molecule has 0 aromatic heterocycles. The van der Waals surface area contributed by atoms with Gasteiger partial charge in [0.2, 0.25) is 0 Å². The van der Waals surface area contributed by atoms with Gasteiger partial charge in [0, 0.05) is 24.4 Å². The van der Waals surface area contributed by atoms with Gasteiger partial charge in [0.15, 0.2) is 0 Å². The first kappa shape index (κ1) is 23.9. The number of carbonyl (C=O) groups is 1. The predicted octanol–water partition coefficient (Wildman–Crippen LogP) is 5.90. The fourth-order valence-electron chi connectivity index (χ4n) is 5.34. The smallest absolute Gasteiger partial charge is 0.303 e. The zero-order valence-corrected chi connectivity index (χ0v) is 18.7. The van der Waals surface area contributed by atoms with Crippen LogP contribution in [0.5, 0.6) is 0 Å². The molecule has 0 spiro atoms. The largest absolute Gasteiger partial charge is 0.481 e. The molecule has 2 bridgehead atoms. The maximum atomic E-state index is 13.6. The van der Waals surface area contributed by atoms with Crippen molar-refractivity contribution < 1.29 is 23.8 Å². The summed E-state index contributed by atoms with van der Waals surface area (Å²) >= 11 is 0. The molecule has 1 saturated carbocycles. The highest BCUT2D eigenvalue weighted by molar-refractivity contribution is 5.66. The zero-order valence-electron chi connectivity index (χ0n) is 18.7. The van der Waals surface area contributed by atoms with Crippen LogP contribution in [-0.4, -0.2) is 37.0 Å². The normalized spacial score (nSPS) is 27.4. The summed E-state index contributed by atoms with van der Waals surface area (Å²) in [6, 6.07) is 6.93. The number of allylic oxidation sites excluding steroid dienone is 2. The molecule has 1 aliphatic carbocycles. The van der Waals surface area contributed by atoms with Gasteiger partial charge in [-0.1, -0.05) is 50.5 Å². The van der Waals surface area contributed by atoms with Crippen LogP contribution in [0.3, 0.4) is 0 Å². The molecule has 1 aromatic rings. The number of rotatable bonds is 14. The number of carboxylic acids is 1. The number of unbranched alkanes of at least 4 members (excludes halogenated alkanes) is 4. The van der Waals surface area contributed by atoms with Crippen molar-refractivity contribution in [2.45, 2.75) is 76.2 Å². The molecule has 3 rings (SSSR count). The number of ether oxygens (including phenoxy) is 2. The molecule has 1 N–H and O–H groups in total.